The number of nitro benzene ring substituents is 2. The molecule has 0 aliphatic carbocycles. The highest BCUT2D eigenvalue weighted by molar-refractivity contribution is 7.98. The molecule has 0 amide bonds. The van der Waals surface area contributed by atoms with E-state index in [1.165, 1.54) is 11.8 Å². The molecular weight excluding hydrogens is 414 g/mol. The molecule has 1 N–H and O–H groups in total. The second-order valence-electron chi connectivity index (χ2n) is 6.34. The molecule has 152 valence electrons. The number of aromatic nitrogens is 3. The number of ether oxygens (including phenoxy) is 1. The number of phenolic OH excluding ortho intramolecular Hbond substituents is 1. The third kappa shape index (κ3) is 3.37. The summed E-state index contributed by atoms with van der Waals surface area (Å²) >= 11 is 1.25. The molecule has 4 rings (SSSR count). The van der Waals surface area contributed by atoms with Gasteiger partial charge in [0.25, 0.3) is 5.69 Å². The number of aromatic hydroxyl groups is 1. The van der Waals surface area contributed by atoms with Gasteiger partial charge in [0.1, 0.15) is 6.10 Å². The van der Waals surface area contributed by atoms with Crippen LogP contribution in [0.3, 0.4) is 0 Å². The lowest BCUT2D eigenvalue weighted by Crippen LogP contribution is -2.12. The van der Waals surface area contributed by atoms with Gasteiger partial charge in [-0.3, -0.25) is 20.2 Å². The van der Waals surface area contributed by atoms with E-state index in [9.17, 15) is 25.3 Å². The number of nitro groups is 2. The van der Waals surface area contributed by atoms with E-state index in [-0.39, 0.29) is 17.9 Å². The number of hydrogen-bond donors (Lipinski definition) is 1. The molecule has 1 atom stereocenters. The average Bonchev–Trinajstić information content (AvgIpc) is 2.89. The number of nitrogens with zero attached hydrogens (tertiary/aromatic N) is 5. The summed E-state index contributed by atoms with van der Waals surface area (Å²) in [4.78, 5) is 25.3. The van der Waals surface area contributed by atoms with Gasteiger partial charge in [0, 0.05) is 23.6 Å². The van der Waals surface area contributed by atoms with Gasteiger partial charge in [-0.15, -0.1) is 10.2 Å². The third-order valence-electron chi connectivity index (χ3n) is 4.61. The Morgan fingerprint density at radius 2 is 1.93 bits per heavy atom. The van der Waals surface area contributed by atoms with Crippen LogP contribution in [-0.2, 0) is 6.42 Å². The number of phenols is 1. The van der Waals surface area contributed by atoms with Crippen molar-refractivity contribution in [2.24, 2.45) is 0 Å². The van der Waals surface area contributed by atoms with Crippen LogP contribution in [-0.4, -0.2) is 36.4 Å². The lowest BCUT2D eigenvalue weighted by Gasteiger charge is -2.18. The SMILES string of the molecule is CSc1nnc2c(n1)OC(c1cc([N+](=O)[O-])cc([N+](=O)[O-])c1O)Cc1ccccc1-2. The van der Waals surface area contributed by atoms with E-state index in [1.54, 1.807) is 12.3 Å². The normalized spacial score (nSPS) is 14.8. The molecule has 2 aromatic carbocycles. The number of fused-ring (bicyclic) bond motifs is 3. The topological polar surface area (TPSA) is 154 Å². The molecule has 11 nitrogen and oxygen atoms in total. The molecule has 0 radical (unpaired) electrons. The summed E-state index contributed by atoms with van der Waals surface area (Å²) < 4.78 is 5.99. The Hall–Kier alpha value is -3.80. The monoisotopic (exact) mass is 427 g/mol. The van der Waals surface area contributed by atoms with E-state index in [1.807, 2.05) is 18.2 Å². The molecule has 1 aromatic heterocycles. The first-order valence-corrected chi connectivity index (χ1v) is 9.81. The highest BCUT2D eigenvalue weighted by atomic mass is 32.2. The number of benzene rings is 2. The zero-order valence-corrected chi connectivity index (χ0v) is 16.2. The highest BCUT2D eigenvalue weighted by Crippen LogP contribution is 2.44. The van der Waals surface area contributed by atoms with Crippen LogP contribution >= 0.6 is 11.8 Å². The van der Waals surface area contributed by atoms with E-state index in [4.69, 9.17) is 4.74 Å². The van der Waals surface area contributed by atoms with Crippen molar-refractivity contribution >= 4 is 23.1 Å². The van der Waals surface area contributed by atoms with Crippen LogP contribution in [0.2, 0.25) is 0 Å². The van der Waals surface area contributed by atoms with Crippen molar-refractivity contribution in [3.8, 4) is 22.9 Å². The fourth-order valence-electron chi connectivity index (χ4n) is 3.23. The third-order valence-corrected chi connectivity index (χ3v) is 5.15. The quantitative estimate of drug-likeness (QED) is 0.372. The Bertz CT molecular complexity index is 1190. The smallest absolute Gasteiger partial charge is 0.318 e. The number of rotatable bonds is 4. The standard InChI is InChI=1S/C18H13N5O6S/c1-30-18-19-17-15(20-21-18)11-5-3-2-4-9(11)6-14(29-17)12-7-10(22(25)26)8-13(16(12)24)23(27)28/h2-5,7-8,14,24H,6H2,1H3. The summed E-state index contributed by atoms with van der Waals surface area (Å²) in [5.74, 6) is -0.568. The van der Waals surface area contributed by atoms with Gasteiger partial charge in [-0.2, -0.15) is 4.98 Å². The molecule has 0 fully saturated rings. The molecule has 1 unspecified atom stereocenters. The zero-order chi connectivity index (χ0) is 21.4. The summed E-state index contributed by atoms with van der Waals surface area (Å²) in [5.41, 5.74) is 0.478. The number of non-ortho nitro benzene ring substituents is 1. The zero-order valence-electron chi connectivity index (χ0n) is 15.4. The second-order valence-corrected chi connectivity index (χ2v) is 7.11. The molecule has 0 spiro atoms. The second kappa shape index (κ2) is 7.55. The van der Waals surface area contributed by atoms with Crippen LogP contribution in [0.25, 0.3) is 11.3 Å². The van der Waals surface area contributed by atoms with Crippen molar-refractivity contribution < 1.29 is 19.7 Å². The number of thioether (sulfide) groups is 1. The van der Waals surface area contributed by atoms with Gasteiger partial charge in [-0.05, 0) is 11.8 Å². The van der Waals surface area contributed by atoms with Gasteiger partial charge >= 0.3 is 5.69 Å². The molecule has 2 heterocycles. The predicted octanol–water partition coefficient (Wildman–Crippen LogP) is 3.46. The molecule has 12 heteroatoms. The molecule has 0 saturated heterocycles. The Morgan fingerprint density at radius 3 is 2.63 bits per heavy atom. The van der Waals surface area contributed by atoms with E-state index in [2.05, 4.69) is 15.2 Å². The van der Waals surface area contributed by atoms with Crippen LogP contribution < -0.4 is 4.74 Å². The Morgan fingerprint density at radius 1 is 1.17 bits per heavy atom. The van der Waals surface area contributed by atoms with Gasteiger partial charge in [0.2, 0.25) is 16.8 Å². The maximum absolute atomic E-state index is 11.3. The van der Waals surface area contributed by atoms with Gasteiger partial charge in [-0.25, -0.2) is 0 Å². The summed E-state index contributed by atoms with van der Waals surface area (Å²) in [6.07, 6.45) is 0.966. The van der Waals surface area contributed by atoms with Gasteiger partial charge in [0.05, 0.1) is 15.9 Å². The van der Waals surface area contributed by atoms with Crippen molar-refractivity contribution in [2.45, 2.75) is 17.7 Å². The van der Waals surface area contributed by atoms with E-state index >= 15 is 0 Å². The molecular formula is C18H13N5O6S. The summed E-state index contributed by atoms with van der Waals surface area (Å²) in [5, 5.41) is 41.7. The van der Waals surface area contributed by atoms with Gasteiger partial charge in [-0.1, -0.05) is 36.0 Å². The largest absolute Gasteiger partial charge is 0.502 e. The predicted molar refractivity (Wildman–Crippen MR) is 106 cm³/mol. The molecule has 3 aromatic rings. The molecule has 1 aliphatic rings. The van der Waals surface area contributed by atoms with Crippen LogP contribution in [0.15, 0.2) is 41.6 Å². The first kappa shape index (κ1) is 19.5. The van der Waals surface area contributed by atoms with E-state index in [0.717, 1.165) is 11.6 Å². The molecule has 0 bridgehead atoms. The maximum Gasteiger partial charge on any atom is 0.318 e. The van der Waals surface area contributed by atoms with Crippen molar-refractivity contribution in [1.29, 1.82) is 0 Å². The lowest BCUT2D eigenvalue weighted by atomic mass is 9.96. The Kier molecular flexibility index (Phi) is 4.91. The summed E-state index contributed by atoms with van der Waals surface area (Å²) in [6, 6.07) is 9.02. The highest BCUT2D eigenvalue weighted by Gasteiger charge is 2.33. The van der Waals surface area contributed by atoms with Crippen molar-refractivity contribution in [2.75, 3.05) is 6.26 Å². The first-order valence-electron chi connectivity index (χ1n) is 8.58. The Balaban J connectivity index is 1.92. The lowest BCUT2D eigenvalue weighted by molar-refractivity contribution is -0.394. The van der Waals surface area contributed by atoms with Crippen LogP contribution in [0.4, 0.5) is 11.4 Å². The molecule has 1 aliphatic heterocycles. The summed E-state index contributed by atoms with van der Waals surface area (Å²) in [7, 11) is 0. The van der Waals surface area contributed by atoms with Crippen molar-refractivity contribution in [3.05, 3.63) is 67.8 Å². The van der Waals surface area contributed by atoms with Gasteiger partial charge < -0.3 is 9.84 Å². The van der Waals surface area contributed by atoms with Gasteiger partial charge in [0.15, 0.2) is 5.69 Å². The van der Waals surface area contributed by atoms with Crippen LogP contribution in [0.5, 0.6) is 11.6 Å². The van der Waals surface area contributed by atoms with E-state index in [0.29, 0.717) is 22.5 Å². The minimum Gasteiger partial charge on any atom is -0.502 e. The van der Waals surface area contributed by atoms with Crippen LogP contribution in [0.1, 0.15) is 17.2 Å². The van der Waals surface area contributed by atoms with E-state index < -0.39 is 33.1 Å². The van der Waals surface area contributed by atoms with Crippen molar-refractivity contribution in [3.63, 3.8) is 0 Å². The summed E-state index contributed by atoms with van der Waals surface area (Å²) in [6.45, 7) is 0. The average molecular weight is 427 g/mol. The first-order chi connectivity index (χ1) is 14.4. The number of hydrogen-bond acceptors (Lipinski definition) is 10. The minimum atomic E-state index is -0.975. The Labute approximate surface area is 173 Å². The molecule has 30 heavy (non-hydrogen) atoms. The maximum atomic E-state index is 11.3. The fourth-order valence-corrected chi connectivity index (χ4v) is 3.53. The minimum absolute atomic E-state index is 0.0807. The van der Waals surface area contributed by atoms with Crippen molar-refractivity contribution in [1.82, 2.24) is 15.2 Å². The van der Waals surface area contributed by atoms with Crippen LogP contribution in [0, 0.1) is 20.2 Å². The fraction of sp³-hybridized carbons (Fsp3) is 0.167. The molecule has 0 saturated carbocycles.